The number of amides is 2. The molecule has 1 aliphatic heterocycles. The van der Waals surface area contributed by atoms with Crippen molar-refractivity contribution in [3.63, 3.8) is 0 Å². The molecule has 0 saturated carbocycles. The molecule has 5 rings (SSSR count). The van der Waals surface area contributed by atoms with Crippen LogP contribution in [0, 0.1) is 0 Å². The van der Waals surface area contributed by atoms with Crippen molar-refractivity contribution in [1.29, 1.82) is 0 Å². The van der Waals surface area contributed by atoms with Crippen LogP contribution in [0.2, 0.25) is 0 Å². The van der Waals surface area contributed by atoms with Gasteiger partial charge in [0.25, 0.3) is 5.91 Å². The molecule has 43 heavy (non-hydrogen) atoms. The van der Waals surface area contributed by atoms with Gasteiger partial charge in [0, 0.05) is 56.1 Å². The molecule has 0 bridgehead atoms. The number of pyridine rings is 1. The Morgan fingerprint density at radius 1 is 1.07 bits per heavy atom. The van der Waals surface area contributed by atoms with E-state index in [1.807, 2.05) is 50.7 Å². The smallest absolute Gasteiger partial charge is 0.410 e. The van der Waals surface area contributed by atoms with Crippen LogP contribution in [-0.2, 0) is 23.6 Å². The maximum absolute atomic E-state index is 14.4. The number of esters is 1. The van der Waals surface area contributed by atoms with Crippen LogP contribution in [0.25, 0.3) is 22.0 Å². The summed E-state index contributed by atoms with van der Waals surface area (Å²) in [5.41, 5.74) is 2.34. The molecule has 11 nitrogen and oxygen atoms in total. The Hall–Kier alpha value is -4.67. The summed E-state index contributed by atoms with van der Waals surface area (Å²) in [6, 6.07) is 10.7. The highest BCUT2D eigenvalue weighted by Crippen LogP contribution is 2.32. The fourth-order valence-corrected chi connectivity index (χ4v) is 5.51. The molecule has 1 saturated heterocycles. The minimum atomic E-state index is -0.626. The van der Waals surface area contributed by atoms with Gasteiger partial charge >= 0.3 is 12.1 Å². The lowest BCUT2D eigenvalue weighted by Gasteiger charge is -2.39. The summed E-state index contributed by atoms with van der Waals surface area (Å²) in [5.74, 6) is -0.162. The van der Waals surface area contributed by atoms with Crippen LogP contribution in [0.1, 0.15) is 61.4 Å². The lowest BCUT2D eigenvalue weighted by Crippen LogP contribution is -2.53. The highest BCUT2D eigenvalue weighted by atomic mass is 16.6. The van der Waals surface area contributed by atoms with Gasteiger partial charge in [-0.25, -0.2) is 14.6 Å². The predicted octanol–water partition coefficient (Wildman–Crippen LogP) is 5.20. The predicted molar refractivity (Wildman–Crippen MR) is 163 cm³/mol. The van der Waals surface area contributed by atoms with Gasteiger partial charge in [-0.1, -0.05) is 12.1 Å². The Kier molecular flexibility index (Phi) is 8.25. The molecule has 4 aromatic rings. The molecule has 11 heteroatoms. The molecule has 226 valence electrons. The topological polar surface area (TPSA) is 112 Å². The van der Waals surface area contributed by atoms with Gasteiger partial charge in [-0.3, -0.25) is 14.4 Å². The summed E-state index contributed by atoms with van der Waals surface area (Å²) < 4.78 is 14.3. The number of hydrogen-bond acceptors (Lipinski definition) is 7. The van der Waals surface area contributed by atoms with Crippen molar-refractivity contribution in [2.45, 2.75) is 52.2 Å². The lowest BCUT2D eigenvalue weighted by molar-refractivity contribution is 0.0195. The summed E-state index contributed by atoms with van der Waals surface area (Å²) in [7, 11) is 3.61. The van der Waals surface area contributed by atoms with Crippen molar-refractivity contribution in [2.75, 3.05) is 24.6 Å². The summed E-state index contributed by atoms with van der Waals surface area (Å²) in [6.07, 6.45) is 6.28. The zero-order valence-corrected chi connectivity index (χ0v) is 25.5. The van der Waals surface area contributed by atoms with E-state index < -0.39 is 17.7 Å². The van der Waals surface area contributed by atoms with Gasteiger partial charge in [0.1, 0.15) is 5.60 Å². The number of likely N-dealkylation sites (tertiary alicyclic amines) is 1. The summed E-state index contributed by atoms with van der Waals surface area (Å²) in [6.45, 7) is 8.40. The average Bonchev–Trinajstić information content (AvgIpc) is 3.55. The minimum absolute atomic E-state index is 0.236. The molecular weight excluding hydrogens is 548 g/mol. The van der Waals surface area contributed by atoms with Crippen LogP contribution in [0.4, 0.5) is 10.6 Å². The minimum Gasteiger partial charge on any atom is -0.461 e. The number of nitrogens with zero attached hydrogens (tertiary/aromatic N) is 6. The van der Waals surface area contributed by atoms with Crippen molar-refractivity contribution < 1.29 is 23.9 Å². The third-order valence-corrected chi connectivity index (χ3v) is 7.48. The maximum Gasteiger partial charge on any atom is 0.410 e. The van der Waals surface area contributed by atoms with Gasteiger partial charge in [-0.15, -0.1) is 0 Å². The number of rotatable bonds is 6. The number of carbonyl (C=O) groups is 3. The van der Waals surface area contributed by atoms with E-state index in [1.54, 1.807) is 60.4 Å². The van der Waals surface area contributed by atoms with Gasteiger partial charge in [0.05, 0.1) is 24.4 Å². The van der Waals surface area contributed by atoms with Gasteiger partial charge < -0.3 is 18.9 Å². The molecule has 2 amide bonds. The molecule has 0 spiro atoms. The number of hydrogen-bond donors (Lipinski definition) is 0. The molecule has 1 fully saturated rings. The number of piperidine rings is 1. The van der Waals surface area contributed by atoms with E-state index in [1.165, 1.54) is 4.68 Å². The van der Waals surface area contributed by atoms with E-state index >= 15 is 0 Å². The van der Waals surface area contributed by atoms with Crippen LogP contribution < -0.4 is 4.90 Å². The average molecular weight is 587 g/mol. The van der Waals surface area contributed by atoms with E-state index in [4.69, 9.17) is 14.5 Å². The van der Waals surface area contributed by atoms with Gasteiger partial charge in [0.2, 0.25) is 0 Å². The Bertz CT molecular complexity index is 1650. The van der Waals surface area contributed by atoms with Crippen molar-refractivity contribution in [3.05, 3.63) is 66.2 Å². The molecule has 1 aromatic carbocycles. The highest BCUT2D eigenvalue weighted by molar-refractivity contribution is 6.10. The Labute approximate surface area is 251 Å². The third-order valence-electron chi connectivity index (χ3n) is 7.48. The quantitative estimate of drug-likeness (QED) is 0.286. The molecular formula is C32H38N6O5. The number of fused-ring (bicyclic) bond motifs is 1. The first-order valence-electron chi connectivity index (χ1n) is 14.5. The lowest BCUT2D eigenvalue weighted by atomic mass is 10.0. The van der Waals surface area contributed by atoms with Crippen LogP contribution in [0.3, 0.4) is 0 Å². The fraction of sp³-hybridized carbons (Fsp3) is 0.406. The summed E-state index contributed by atoms with van der Waals surface area (Å²) >= 11 is 0. The Morgan fingerprint density at radius 2 is 1.81 bits per heavy atom. The van der Waals surface area contributed by atoms with Crippen LogP contribution in [0.15, 0.2) is 55.0 Å². The monoisotopic (exact) mass is 586 g/mol. The third kappa shape index (κ3) is 6.11. The number of ether oxygens (including phenoxy) is 2. The molecule has 0 aliphatic carbocycles. The number of anilines is 1. The van der Waals surface area contributed by atoms with Crippen LogP contribution in [0.5, 0.6) is 0 Å². The van der Waals surface area contributed by atoms with Gasteiger partial charge in [-0.2, -0.15) is 5.10 Å². The molecule has 0 N–H and O–H groups in total. The van der Waals surface area contributed by atoms with Crippen LogP contribution in [-0.4, -0.2) is 73.5 Å². The zero-order chi connectivity index (χ0) is 30.9. The van der Waals surface area contributed by atoms with E-state index in [2.05, 4.69) is 5.10 Å². The molecule has 3 aromatic heterocycles. The Morgan fingerprint density at radius 3 is 2.51 bits per heavy atom. The first-order chi connectivity index (χ1) is 20.5. The first kappa shape index (κ1) is 29.8. The highest BCUT2D eigenvalue weighted by Gasteiger charge is 2.35. The van der Waals surface area contributed by atoms with Crippen molar-refractivity contribution in [3.8, 4) is 11.1 Å². The normalized spacial score (nSPS) is 15.4. The summed E-state index contributed by atoms with van der Waals surface area (Å²) in [5, 5.41) is 5.21. The number of aromatic nitrogens is 4. The van der Waals surface area contributed by atoms with E-state index in [-0.39, 0.29) is 18.6 Å². The van der Waals surface area contributed by atoms with Crippen molar-refractivity contribution in [2.24, 2.45) is 14.1 Å². The summed E-state index contributed by atoms with van der Waals surface area (Å²) in [4.78, 5) is 48.1. The molecule has 0 radical (unpaired) electrons. The first-order valence-corrected chi connectivity index (χ1v) is 14.5. The van der Waals surface area contributed by atoms with E-state index in [0.717, 1.165) is 16.5 Å². The second-order valence-electron chi connectivity index (χ2n) is 11.7. The number of carbonyl (C=O) groups excluding carboxylic acids is 3. The second-order valence-corrected chi connectivity index (χ2v) is 11.7. The zero-order valence-electron chi connectivity index (χ0n) is 25.5. The van der Waals surface area contributed by atoms with E-state index in [9.17, 15) is 14.4 Å². The van der Waals surface area contributed by atoms with E-state index in [0.29, 0.717) is 48.6 Å². The number of benzene rings is 1. The molecule has 1 atom stereocenters. The van der Waals surface area contributed by atoms with Crippen molar-refractivity contribution >= 4 is 34.7 Å². The molecule has 1 aliphatic rings. The van der Waals surface area contributed by atoms with Gasteiger partial charge in [0.15, 0.2) is 11.5 Å². The number of aryl methyl sites for hydroxylation is 2. The maximum atomic E-state index is 14.4. The largest absolute Gasteiger partial charge is 0.461 e. The fourth-order valence-electron chi connectivity index (χ4n) is 5.51. The van der Waals surface area contributed by atoms with Gasteiger partial charge in [-0.05, 0) is 70.4 Å². The molecule has 1 unspecified atom stereocenters. The second kappa shape index (κ2) is 11.9. The SMILES string of the molecule is CCOC(=O)c1c(-c2ccc(C(=O)N(c3nccc4ccn(C)c34)C3CCCN(C(=O)OC(C)(C)C)C3)cc2)cnn1C. The standard InChI is InChI=1S/C32H38N6O5/c1-7-42-30(40)27-25(19-34-36(27)6)21-10-12-23(13-11-21)29(39)38(28-26-22(14-16-33-28)15-18-35(26)5)24-9-8-17-37(20-24)31(41)43-32(2,3)4/h10-16,18-19,24H,7-9,17,20H2,1-6H3. The molecule has 4 heterocycles. The van der Waals surface area contributed by atoms with Crippen LogP contribution >= 0.6 is 0 Å². The Balaban J connectivity index is 1.51. The van der Waals surface area contributed by atoms with Crippen molar-refractivity contribution in [1.82, 2.24) is 24.2 Å².